The molecule has 0 amide bonds. The van der Waals surface area contributed by atoms with E-state index < -0.39 is 0 Å². The summed E-state index contributed by atoms with van der Waals surface area (Å²) in [5, 5.41) is 3.35. The van der Waals surface area contributed by atoms with Gasteiger partial charge in [-0.15, -0.1) is 12.4 Å². The smallest absolute Gasteiger partial charge is 0.0622 e. The average Bonchev–Trinajstić information content (AvgIpc) is 2.21. The molecule has 2 heterocycles. The highest BCUT2D eigenvalue weighted by molar-refractivity contribution is 5.85. The van der Waals surface area contributed by atoms with Gasteiger partial charge in [-0.05, 0) is 38.8 Å². The summed E-state index contributed by atoms with van der Waals surface area (Å²) >= 11 is 0. The van der Waals surface area contributed by atoms with Gasteiger partial charge in [0.25, 0.3) is 0 Å². The molecule has 0 aromatic heterocycles. The molecule has 0 atom stereocenters. The Labute approximate surface area is 91.9 Å². The maximum atomic E-state index is 6.01. The number of ether oxygens (including phenoxy) is 2. The molecule has 0 saturated carbocycles. The highest BCUT2D eigenvalue weighted by atomic mass is 35.5. The zero-order chi connectivity index (χ0) is 8.93. The van der Waals surface area contributed by atoms with Gasteiger partial charge in [0.1, 0.15) is 0 Å². The molecule has 84 valence electrons. The minimum Gasteiger partial charge on any atom is -0.381 e. The third-order valence-corrected chi connectivity index (χ3v) is 2.84. The van der Waals surface area contributed by atoms with Gasteiger partial charge in [0.05, 0.1) is 12.2 Å². The van der Waals surface area contributed by atoms with E-state index in [1.807, 2.05) is 0 Å². The Bertz CT molecular complexity index is 129. The van der Waals surface area contributed by atoms with Crippen molar-refractivity contribution < 1.29 is 9.47 Å². The number of piperidine rings is 1. The first-order valence-electron chi connectivity index (χ1n) is 5.39. The second-order valence-electron chi connectivity index (χ2n) is 3.90. The molecule has 14 heavy (non-hydrogen) atoms. The topological polar surface area (TPSA) is 30.5 Å². The minimum absolute atomic E-state index is 0. The molecule has 0 aromatic carbocycles. The van der Waals surface area contributed by atoms with Gasteiger partial charge in [-0.1, -0.05) is 0 Å². The molecular weight excluding hydrogens is 202 g/mol. The van der Waals surface area contributed by atoms with E-state index in [1.54, 1.807) is 0 Å². The molecule has 0 spiro atoms. The molecule has 1 N–H and O–H groups in total. The predicted octanol–water partition coefficient (Wildman–Crippen LogP) is 1.36. The molecule has 0 aliphatic carbocycles. The molecule has 0 aromatic rings. The van der Waals surface area contributed by atoms with Crippen molar-refractivity contribution in [2.75, 3.05) is 26.3 Å². The number of nitrogens with one attached hydrogen (secondary N) is 1. The summed E-state index contributed by atoms with van der Waals surface area (Å²) in [4.78, 5) is 0. The van der Waals surface area contributed by atoms with Crippen molar-refractivity contribution in [3.05, 3.63) is 0 Å². The lowest BCUT2D eigenvalue weighted by Crippen LogP contribution is -2.36. The third-order valence-electron chi connectivity index (χ3n) is 2.84. The van der Waals surface area contributed by atoms with Gasteiger partial charge >= 0.3 is 0 Å². The fourth-order valence-electron chi connectivity index (χ4n) is 2.02. The van der Waals surface area contributed by atoms with Crippen LogP contribution >= 0.6 is 12.4 Å². The predicted molar refractivity (Wildman–Crippen MR) is 58.1 cm³/mol. The second-order valence-corrected chi connectivity index (χ2v) is 3.90. The summed E-state index contributed by atoms with van der Waals surface area (Å²) in [6.45, 7) is 4.01. The van der Waals surface area contributed by atoms with Crippen molar-refractivity contribution in [2.45, 2.75) is 37.9 Å². The van der Waals surface area contributed by atoms with Crippen molar-refractivity contribution in [1.29, 1.82) is 0 Å². The van der Waals surface area contributed by atoms with Crippen molar-refractivity contribution in [3.8, 4) is 0 Å². The number of halogens is 1. The molecule has 4 heteroatoms. The number of hydrogen-bond acceptors (Lipinski definition) is 3. The first-order chi connectivity index (χ1) is 6.45. The average molecular weight is 222 g/mol. The van der Waals surface area contributed by atoms with Crippen molar-refractivity contribution in [3.63, 3.8) is 0 Å². The highest BCUT2D eigenvalue weighted by Gasteiger charge is 2.20. The molecule has 2 aliphatic rings. The Kier molecular flexibility index (Phi) is 5.78. The van der Waals surface area contributed by atoms with E-state index in [1.165, 1.54) is 12.8 Å². The summed E-state index contributed by atoms with van der Waals surface area (Å²) in [6.07, 6.45) is 5.50. The minimum atomic E-state index is 0. The molecule has 3 nitrogen and oxygen atoms in total. The van der Waals surface area contributed by atoms with Crippen molar-refractivity contribution in [1.82, 2.24) is 5.32 Å². The maximum absolute atomic E-state index is 6.01. The Morgan fingerprint density at radius 2 is 1.50 bits per heavy atom. The van der Waals surface area contributed by atoms with Crippen LogP contribution in [0.2, 0.25) is 0 Å². The molecule has 0 bridgehead atoms. The molecule has 2 rings (SSSR count). The van der Waals surface area contributed by atoms with E-state index in [9.17, 15) is 0 Å². The van der Waals surface area contributed by atoms with E-state index in [2.05, 4.69) is 5.32 Å². The first kappa shape index (κ1) is 12.2. The van der Waals surface area contributed by atoms with Crippen molar-refractivity contribution >= 4 is 12.4 Å². The van der Waals surface area contributed by atoms with Crippen LogP contribution in [0.3, 0.4) is 0 Å². The van der Waals surface area contributed by atoms with Gasteiger partial charge < -0.3 is 14.8 Å². The van der Waals surface area contributed by atoms with Gasteiger partial charge in [-0.2, -0.15) is 0 Å². The SMILES string of the molecule is C1CC(OC2CCOCC2)CCN1.Cl. The molecule has 2 aliphatic heterocycles. The third kappa shape index (κ3) is 3.73. The number of hydrogen-bond donors (Lipinski definition) is 1. The molecule has 2 fully saturated rings. The van der Waals surface area contributed by atoms with Crippen LogP contribution in [0.25, 0.3) is 0 Å². The summed E-state index contributed by atoms with van der Waals surface area (Å²) in [5.41, 5.74) is 0. The zero-order valence-corrected chi connectivity index (χ0v) is 9.35. The summed E-state index contributed by atoms with van der Waals surface area (Å²) in [6, 6.07) is 0. The summed E-state index contributed by atoms with van der Waals surface area (Å²) in [7, 11) is 0. The first-order valence-corrected chi connectivity index (χ1v) is 5.39. The van der Waals surface area contributed by atoms with E-state index in [4.69, 9.17) is 9.47 Å². The lowest BCUT2D eigenvalue weighted by Gasteiger charge is -2.30. The lowest BCUT2D eigenvalue weighted by atomic mass is 10.1. The van der Waals surface area contributed by atoms with Crippen LogP contribution in [0.5, 0.6) is 0 Å². The largest absolute Gasteiger partial charge is 0.381 e. The Morgan fingerprint density at radius 3 is 2.14 bits per heavy atom. The van der Waals surface area contributed by atoms with E-state index in [0.29, 0.717) is 12.2 Å². The summed E-state index contributed by atoms with van der Waals surface area (Å²) in [5.74, 6) is 0. The van der Waals surface area contributed by atoms with Crippen LogP contribution in [0, 0.1) is 0 Å². The van der Waals surface area contributed by atoms with Gasteiger partial charge in [0.15, 0.2) is 0 Å². The van der Waals surface area contributed by atoms with Gasteiger partial charge in [-0.25, -0.2) is 0 Å². The summed E-state index contributed by atoms with van der Waals surface area (Å²) < 4.78 is 11.3. The number of rotatable bonds is 2. The van der Waals surface area contributed by atoms with E-state index in [0.717, 1.165) is 39.1 Å². The Balaban J connectivity index is 0.000000980. The zero-order valence-electron chi connectivity index (χ0n) is 8.54. The monoisotopic (exact) mass is 221 g/mol. The van der Waals surface area contributed by atoms with Crippen LogP contribution < -0.4 is 5.32 Å². The van der Waals surface area contributed by atoms with Gasteiger partial charge in [-0.3, -0.25) is 0 Å². The van der Waals surface area contributed by atoms with E-state index in [-0.39, 0.29) is 12.4 Å². The fraction of sp³-hybridized carbons (Fsp3) is 1.00. The second kappa shape index (κ2) is 6.62. The maximum Gasteiger partial charge on any atom is 0.0622 e. The highest BCUT2D eigenvalue weighted by Crippen LogP contribution is 2.17. The Morgan fingerprint density at radius 1 is 0.929 bits per heavy atom. The molecule has 0 radical (unpaired) electrons. The molecule has 2 saturated heterocycles. The van der Waals surface area contributed by atoms with Crippen LogP contribution in [-0.2, 0) is 9.47 Å². The van der Waals surface area contributed by atoms with Crippen molar-refractivity contribution in [2.24, 2.45) is 0 Å². The quantitative estimate of drug-likeness (QED) is 0.764. The van der Waals surface area contributed by atoms with Crippen LogP contribution in [-0.4, -0.2) is 38.5 Å². The standard InChI is InChI=1S/C10H19NO2.ClH/c1-5-11-6-2-9(1)13-10-3-7-12-8-4-10;/h9-11H,1-8H2;1H. The molecule has 0 unspecified atom stereocenters. The normalized spacial score (nSPS) is 25.7. The lowest BCUT2D eigenvalue weighted by molar-refractivity contribution is -0.0759. The van der Waals surface area contributed by atoms with E-state index >= 15 is 0 Å². The Hall–Kier alpha value is 0.170. The van der Waals surface area contributed by atoms with Gasteiger partial charge in [0, 0.05) is 13.2 Å². The molecular formula is C10H20ClNO2. The van der Waals surface area contributed by atoms with Crippen LogP contribution in [0.4, 0.5) is 0 Å². The fourth-order valence-corrected chi connectivity index (χ4v) is 2.02. The van der Waals surface area contributed by atoms with Gasteiger partial charge in [0.2, 0.25) is 0 Å². The van der Waals surface area contributed by atoms with Crippen LogP contribution in [0.1, 0.15) is 25.7 Å². The van der Waals surface area contributed by atoms with Crippen LogP contribution in [0.15, 0.2) is 0 Å².